The van der Waals surface area contributed by atoms with Crippen LogP contribution in [0.5, 0.6) is 5.75 Å². The van der Waals surface area contributed by atoms with Gasteiger partial charge in [0.15, 0.2) is 0 Å². The van der Waals surface area contributed by atoms with E-state index in [4.69, 9.17) is 4.74 Å². The number of ether oxygens (including phenoxy) is 1. The number of methoxy groups -OCH3 is 1. The number of benzene rings is 1. The molecule has 0 aromatic heterocycles. The van der Waals surface area contributed by atoms with Crippen molar-refractivity contribution in [2.24, 2.45) is 0 Å². The van der Waals surface area contributed by atoms with Gasteiger partial charge in [-0.2, -0.15) is 0 Å². The van der Waals surface area contributed by atoms with Crippen molar-refractivity contribution in [3.05, 3.63) is 72.8 Å². The van der Waals surface area contributed by atoms with Crippen LogP contribution in [0.4, 0.5) is 5.69 Å². The number of hydrogen-bond acceptors (Lipinski definition) is 2. The first-order valence-corrected chi connectivity index (χ1v) is 6.97. The molecule has 0 fully saturated rings. The first kappa shape index (κ1) is 18.1. The van der Waals surface area contributed by atoms with Crippen molar-refractivity contribution in [2.75, 3.05) is 26.1 Å². The maximum Gasteiger partial charge on any atom is 0.0673 e. The SMILES string of the molecule is COc1ccccc1-[c-]1cccc1N(C)C.[Fe].[cH-]1[cH-][cH-][cH-][cH-]1. The molecule has 3 aromatic rings. The molecule has 0 radical (unpaired) electrons. The minimum atomic E-state index is 0. The number of para-hydroxylation sites is 1. The molecule has 0 bridgehead atoms. The summed E-state index contributed by atoms with van der Waals surface area (Å²) < 4.78 is 5.39. The van der Waals surface area contributed by atoms with Gasteiger partial charge in [-0.15, -0.1) is 24.3 Å². The van der Waals surface area contributed by atoms with E-state index in [1.54, 1.807) is 7.11 Å². The Kier molecular flexibility index (Phi) is 7.51. The van der Waals surface area contributed by atoms with Gasteiger partial charge in [0.05, 0.1) is 12.9 Å². The molecular weight excluding hydrogens is 314 g/mol. The van der Waals surface area contributed by atoms with Crippen molar-refractivity contribution in [3.8, 4) is 16.9 Å². The molecule has 2 nitrogen and oxygen atoms in total. The van der Waals surface area contributed by atoms with Crippen molar-refractivity contribution in [1.82, 2.24) is 0 Å². The van der Waals surface area contributed by atoms with Gasteiger partial charge < -0.3 is 40.0 Å². The normalized spacial score (nSPS) is 9.23. The van der Waals surface area contributed by atoms with Crippen LogP contribution in [0.3, 0.4) is 0 Å². The zero-order valence-electron chi connectivity index (χ0n) is 13.1. The second-order valence-electron chi connectivity index (χ2n) is 4.88. The standard InChI is InChI=1S/C14H16NO.C5H5.Fe/c1-15(2)13-9-6-8-11(13)12-7-4-5-10-14(12)16-3;1-2-4-5-3-1;/h4-10H,1-3H3;1-5H;/q-1;-5;. The molecule has 0 unspecified atom stereocenters. The summed E-state index contributed by atoms with van der Waals surface area (Å²) in [7, 11) is 5.81. The Balaban J connectivity index is 0.000000344. The molecule has 0 heterocycles. The summed E-state index contributed by atoms with van der Waals surface area (Å²) in [5.41, 5.74) is 3.56. The first-order chi connectivity index (χ1) is 10.2. The Hall–Kier alpha value is -1.96. The van der Waals surface area contributed by atoms with Gasteiger partial charge in [-0.05, 0) is 5.69 Å². The average molecular weight is 335 g/mol. The molecule has 0 saturated heterocycles. The zero-order chi connectivity index (χ0) is 15.1. The maximum absolute atomic E-state index is 5.39. The van der Waals surface area contributed by atoms with Crippen LogP contribution in [0.25, 0.3) is 11.1 Å². The number of nitrogens with zero attached hydrogens (tertiary/aromatic N) is 1. The van der Waals surface area contributed by atoms with E-state index in [9.17, 15) is 0 Å². The van der Waals surface area contributed by atoms with E-state index < -0.39 is 0 Å². The number of rotatable bonds is 3. The van der Waals surface area contributed by atoms with Crippen LogP contribution in [0.15, 0.2) is 72.8 Å². The van der Waals surface area contributed by atoms with E-state index in [-0.39, 0.29) is 17.1 Å². The van der Waals surface area contributed by atoms with Crippen LogP contribution < -0.4 is 9.64 Å². The third-order valence-corrected chi connectivity index (χ3v) is 3.23. The second-order valence-corrected chi connectivity index (χ2v) is 4.88. The molecular formula is C19H21FeNO-6. The molecule has 0 aliphatic rings. The molecule has 3 heteroatoms. The quantitative estimate of drug-likeness (QED) is 0.514. The van der Waals surface area contributed by atoms with Crippen LogP contribution in [0, 0.1) is 0 Å². The third kappa shape index (κ3) is 4.52. The predicted octanol–water partition coefficient (Wildman–Crippen LogP) is 4.55. The van der Waals surface area contributed by atoms with Gasteiger partial charge in [0.2, 0.25) is 0 Å². The summed E-state index contributed by atoms with van der Waals surface area (Å²) in [6.07, 6.45) is 0. The molecule has 0 amide bonds. The fourth-order valence-corrected chi connectivity index (χ4v) is 2.22. The Morgan fingerprint density at radius 3 is 2.05 bits per heavy atom. The smallest absolute Gasteiger partial charge is 0.0673 e. The topological polar surface area (TPSA) is 12.5 Å². The summed E-state index contributed by atoms with van der Waals surface area (Å²) in [5.74, 6) is 0.914. The minimum Gasteiger partial charge on any atom is -0.748 e. The number of anilines is 1. The van der Waals surface area contributed by atoms with Crippen molar-refractivity contribution >= 4 is 5.69 Å². The monoisotopic (exact) mass is 335 g/mol. The van der Waals surface area contributed by atoms with Crippen LogP contribution in [0.2, 0.25) is 0 Å². The fourth-order valence-electron chi connectivity index (χ4n) is 2.22. The Morgan fingerprint density at radius 1 is 0.909 bits per heavy atom. The van der Waals surface area contributed by atoms with Gasteiger partial charge in [0.25, 0.3) is 0 Å². The molecule has 0 spiro atoms. The molecule has 3 aromatic carbocycles. The summed E-state index contributed by atoms with van der Waals surface area (Å²) in [6.45, 7) is 0. The molecule has 122 valence electrons. The van der Waals surface area contributed by atoms with Gasteiger partial charge in [-0.1, -0.05) is 29.3 Å². The van der Waals surface area contributed by atoms with Crippen molar-refractivity contribution in [2.45, 2.75) is 0 Å². The predicted molar refractivity (Wildman–Crippen MR) is 90.4 cm³/mol. The van der Waals surface area contributed by atoms with Gasteiger partial charge >= 0.3 is 0 Å². The maximum atomic E-state index is 5.39. The largest absolute Gasteiger partial charge is 0.748 e. The van der Waals surface area contributed by atoms with E-state index in [0.717, 1.165) is 11.3 Å². The summed E-state index contributed by atoms with van der Waals surface area (Å²) >= 11 is 0. The number of hydrogen-bond donors (Lipinski definition) is 0. The molecule has 0 aliphatic carbocycles. The van der Waals surface area contributed by atoms with Crippen molar-refractivity contribution < 1.29 is 21.8 Å². The van der Waals surface area contributed by atoms with Crippen molar-refractivity contribution in [1.29, 1.82) is 0 Å². The third-order valence-electron chi connectivity index (χ3n) is 3.23. The summed E-state index contributed by atoms with van der Waals surface area (Å²) in [5, 5.41) is 0. The van der Waals surface area contributed by atoms with Gasteiger partial charge in [0, 0.05) is 31.2 Å². The van der Waals surface area contributed by atoms with E-state index in [1.165, 1.54) is 11.3 Å². The van der Waals surface area contributed by atoms with Crippen LogP contribution in [-0.2, 0) is 17.1 Å². The molecule has 0 N–H and O–H groups in total. The van der Waals surface area contributed by atoms with Crippen LogP contribution in [-0.4, -0.2) is 21.2 Å². The Labute approximate surface area is 143 Å². The Morgan fingerprint density at radius 2 is 1.50 bits per heavy atom. The molecule has 0 saturated carbocycles. The first-order valence-electron chi connectivity index (χ1n) is 6.97. The fraction of sp³-hybridized carbons (Fsp3) is 0.158. The van der Waals surface area contributed by atoms with Gasteiger partial charge in [-0.3, -0.25) is 0 Å². The molecule has 0 aliphatic heterocycles. The average Bonchev–Trinajstić information content (AvgIpc) is 3.21. The van der Waals surface area contributed by atoms with Gasteiger partial charge in [-0.25, -0.2) is 0 Å². The molecule has 0 atom stereocenters. The summed E-state index contributed by atoms with van der Waals surface area (Å²) in [6, 6.07) is 24.4. The van der Waals surface area contributed by atoms with Gasteiger partial charge in [0.1, 0.15) is 0 Å². The Bertz CT molecular complexity index is 624. The second kappa shape index (κ2) is 9.14. The van der Waals surface area contributed by atoms with E-state index >= 15 is 0 Å². The van der Waals surface area contributed by atoms with E-state index in [2.05, 4.69) is 29.2 Å². The minimum absolute atomic E-state index is 0. The van der Waals surface area contributed by atoms with Crippen LogP contribution in [0.1, 0.15) is 0 Å². The zero-order valence-corrected chi connectivity index (χ0v) is 14.2. The van der Waals surface area contributed by atoms with E-state index in [1.807, 2.05) is 62.6 Å². The molecule has 3 rings (SSSR count). The van der Waals surface area contributed by atoms with E-state index in [0.29, 0.717) is 0 Å². The molecule has 22 heavy (non-hydrogen) atoms. The van der Waals surface area contributed by atoms with Crippen LogP contribution >= 0.6 is 0 Å². The van der Waals surface area contributed by atoms with Crippen molar-refractivity contribution in [3.63, 3.8) is 0 Å². The summed E-state index contributed by atoms with van der Waals surface area (Å²) in [4.78, 5) is 2.11.